The molecule has 2 rings (SSSR count). The predicted molar refractivity (Wildman–Crippen MR) is 92.5 cm³/mol. The Kier molecular flexibility index (Phi) is 6.76. The van der Waals surface area contributed by atoms with E-state index in [4.69, 9.17) is 0 Å². The Balaban J connectivity index is -0.000000143. The van der Waals surface area contributed by atoms with E-state index >= 15 is 0 Å². The molecule has 0 aliphatic heterocycles. The van der Waals surface area contributed by atoms with Crippen LogP contribution in [0.4, 0.5) is 0 Å². The first-order chi connectivity index (χ1) is 8.90. The maximum Gasteiger partial charge on any atom is 2.00 e. The molecular formula is C20H33Ta-3. The van der Waals surface area contributed by atoms with Crippen LogP contribution < -0.4 is 0 Å². The Hall–Kier alpha value is -0.300. The molecule has 0 fully saturated rings. The van der Waals surface area contributed by atoms with Gasteiger partial charge in [0, 0.05) is 0 Å². The zero-order chi connectivity index (χ0) is 15.9. The van der Waals surface area contributed by atoms with Crippen LogP contribution >= 0.6 is 0 Å². The second-order valence-corrected chi connectivity index (χ2v) is 7.25. The van der Waals surface area contributed by atoms with Crippen LogP contribution in [0.25, 0.3) is 0 Å². The molecule has 0 amide bonds. The first kappa shape index (κ1) is 20.7. The summed E-state index contributed by atoms with van der Waals surface area (Å²) < 4.78 is 0. The summed E-state index contributed by atoms with van der Waals surface area (Å²) in [5.41, 5.74) is 8.79. The van der Waals surface area contributed by atoms with E-state index in [1.807, 2.05) is 0 Å². The molecule has 121 valence electrons. The van der Waals surface area contributed by atoms with E-state index in [0.717, 1.165) is 0 Å². The molecule has 0 unspecified atom stereocenters. The zero-order valence-electron chi connectivity index (χ0n) is 18.4. The van der Waals surface area contributed by atoms with Gasteiger partial charge in [-0.3, -0.25) is 12.2 Å². The van der Waals surface area contributed by atoms with Crippen molar-refractivity contribution in [1.29, 1.82) is 0 Å². The molecule has 0 aromatic heterocycles. The van der Waals surface area contributed by atoms with Gasteiger partial charge >= 0.3 is 22.4 Å². The second kappa shape index (κ2) is 6.86. The summed E-state index contributed by atoms with van der Waals surface area (Å²) >= 11 is 0. The van der Waals surface area contributed by atoms with Gasteiger partial charge in [0.1, 0.15) is 0 Å². The Labute approximate surface area is 152 Å². The first-order valence-electron chi connectivity index (χ1n) is 7.50. The van der Waals surface area contributed by atoms with Crippen LogP contribution in [-0.4, -0.2) is 0 Å². The van der Waals surface area contributed by atoms with Crippen molar-refractivity contribution in [1.82, 2.24) is 0 Å². The SMILES string of the molecule is CC1=[C-]C(C)(C)C(C)=C1C.CC1=[C-]C(C)(C)C(C)=C1C.[H-].[H-].[H-].[Ta+2]. The van der Waals surface area contributed by atoms with Crippen LogP contribution in [0.2, 0.25) is 0 Å². The van der Waals surface area contributed by atoms with E-state index in [1.165, 1.54) is 33.4 Å². The van der Waals surface area contributed by atoms with E-state index in [1.54, 1.807) is 0 Å². The molecule has 0 nitrogen and oxygen atoms in total. The van der Waals surface area contributed by atoms with Gasteiger partial charge in [-0.15, -0.1) is 13.8 Å². The summed E-state index contributed by atoms with van der Waals surface area (Å²) in [6, 6.07) is 0. The van der Waals surface area contributed by atoms with Crippen LogP contribution in [0.5, 0.6) is 0 Å². The van der Waals surface area contributed by atoms with Gasteiger partial charge in [-0.05, 0) is 0 Å². The molecule has 0 atom stereocenters. The summed E-state index contributed by atoms with van der Waals surface area (Å²) in [6.45, 7) is 21.8. The minimum Gasteiger partial charge on any atom is -1.00 e. The quantitative estimate of drug-likeness (QED) is 0.364. The van der Waals surface area contributed by atoms with Crippen molar-refractivity contribution in [2.45, 2.75) is 69.2 Å². The van der Waals surface area contributed by atoms with Crippen molar-refractivity contribution in [2.24, 2.45) is 10.8 Å². The maximum absolute atomic E-state index is 3.44. The van der Waals surface area contributed by atoms with Gasteiger partial charge in [0.2, 0.25) is 0 Å². The van der Waals surface area contributed by atoms with Gasteiger partial charge in [-0.2, -0.15) is 22.3 Å². The second-order valence-electron chi connectivity index (χ2n) is 7.25. The van der Waals surface area contributed by atoms with Crippen LogP contribution in [0.3, 0.4) is 0 Å². The van der Waals surface area contributed by atoms with Gasteiger partial charge in [0.05, 0.1) is 0 Å². The van der Waals surface area contributed by atoms with E-state index in [2.05, 4.69) is 81.4 Å². The molecule has 2 aliphatic rings. The number of rotatable bonds is 0. The number of hydrogen-bond acceptors (Lipinski definition) is 0. The minimum atomic E-state index is 0. The largest absolute Gasteiger partial charge is 2.00 e. The minimum absolute atomic E-state index is 0. The molecule has 0 aromatic carbocycles. The third-order valence-corrected chi connectivity index (χ3v) is 5.12. The fourth-order valence-corrected chi connectivity index (χ4v) is 2.81. The Morgan fingerprint density at radius 2 is 0.857 bits per heavy atom. The van der Waals surface area contributed by atoms with Gasteiger partial charge in [-0.25, -0.2) is 11.1 Å². The third kappa shape index (κ3) is 4.34. The summed E-state index contributed by atoms with van der Waals surface area (Å²) in [5.74, 6) is 0. The molecule has 0 aromatic rings. The average Bonchev–Trinajstić information content (AvgIpc) is 2.60. The molecule has 0 spiro atoms. The summed E-state index contributed by atoms with van der Waals surface area (Å²) in [4.78, 5) is 0. The van der Waals surface area contributed by atoms with Crippen molar-refractivity contribution in [3.05, 3.63) is 45.6 Å². The molecule has 1 heteroatoms. The molecular weight excluding hydrogens is 421 g/mol. The fraction of sp³-hybridized carbons (Fsp3) is 0.600. The molecule has 0 bridgehead atoms. The Morgan fingerprint density at radius 1 is 0.619 bits per heavy atom. The Morgan fingerprint density at radius 3 is 0.905 bits per heavy atom. The maximum atomic E-state index is 3.44. The first-order valence-corrected chi connectivity index (χ1v) is 7.50. The number of allylic oxidation sites excluding steroid dienone is 8. The fourth-order valence-electron chi connectivity index (χ4n) is 2.81. The normalized spacial score (nSPS) is 22.4. The monoisotopic (exact) mass is 454 g/mol. The van der Waals surface area contributed by atoms with Crippen LogP contribution in [0.1, 0.15) is 73.5 Å². The van der Waals surface area contributed by atoms with Crippen molar-refractivity contribution >= 4 is 0 Å². The molecule has 0 saturated heterocycles. The van der Waals surface area contributed by atoms with Crippen LogP contribution in [0, 0.1) is 23.0 Å². The van der Waals surface area contributed by atoms with E-state index in [9.17, 15) is 0 Å². The van der Waals surface area contributed by atoms with Gasteiger partial charge in [-0.1, -0.05) is 66.2 Å². The van der Waals surface area contributed by atoms with Crippen molar-refractivity contribution in [3.8, 4) is 0 Å². The van der Waals surface area contributed by atoms with Crippen LogP contribution in [0.15, 0.2) is 33.4 Å². The standard InChI is InChI=1S/2C10H15.Ta.3H/c2*1-7-6-10(4,5)9(3)8(7)2;;;;/h2*1-5H3;;;;/q2*-1;+2;3*-1. The van der Waals surface area contributed by atoms with E-state index in [0.29, 0.717) is 0 Å². The van der Waals surface area contributed by atoms with E-state index in [-0.39, 0.29) is 37.5 Å². The predicted octanol–water partition coefficient (Wildman–Crippen LogP) is 6.56. The van der Waals surface area contributed by atoms with Crippen molar-refractivity contribution in [3.63, 3.8) is 0 Å². The average molecular weight is 454 g/mol. The summed E-state index contributed by atoms with van der Waals surface area (Å²) in [7, 11) is 0. The van der Waals surface area contributed by atoms with Gasteiger partial charge < -0.3 is 4.28 Å². The van der Waals surface area contributed by atoms with Crippen molar-refractivity contribution < 1.29 is 26.7 Å². The topological polar surface area (TPSA) is 0 Å². The Bertz CT molecular complexity index is 497. The molecule has 0 heterocycles. The molecule has 1 radical (unpaired) electrons. The smallest absolute Gasteiger partial charge is 1.00 e. The zero-order valence-corrected chi connectivity index (χ0v) is 18.7. The summed E-state index contributed by atoms with van der Waals surface area (Å²) in [6.07, 6.45) is 6.87. The molecule has 0 saturated carbocycles. The molecule has 21 heavy (non-hydrogen) atoms. The van der Waals surface area contributed by atoms with Crippen LogP contribution in [-0.2, 0) is 22.4 Å². The summed E-state index contributed by atoms with van der Waals surface area (Å²) in [5, 5.41) is 0. The van der Waals surface area contributed by atoms with Crippen molar-refractivity contribution in [2.75, 3.05) is 0 Å². The van der Waals surface area contributed by atoms with E-state index < -0.39 is 0 Å². The number of hydrogen-bond donors (Lipinski definition) is 0. The van der Waals surface area contributed by atoms with Gasteiger partial charge in [0.15, 0.2) is 0 Å². The molecule has 2 aliphatic carbocycles. The third-order valence-electron chi connectivity index (χ3n) is 5.12. The van der Waals surface area contributed by atoms with Gasteiger partial charge in [0.25, 0.3) is 0 Å². The molecule has 0 N–H and O–H groups in total.